The molecule has 1 aliphatic heterocycles. The average Bonchev–Trinajstić information content (AvgIpc) is 2.88. The molecule has 2 N–H and O–H groups in total. The van der Waals surface area contributed by atoms with Crippen LogP contribution >= 0.6 is 0 Å². The van der Waals surface area contributed by atoms with E-state index in [0.717, 1.165) is 25.1 Å². The Balaban J connectivity index is 1.62. The first-order valence-electron chi connectivity index (χ1n) is 7.96. The molecule has 3 rings (SSSR count). The monoisotopic (exact) mass is 286 g/mol. The quantitative estimate of drug-likeness (QED) is 0.896. The first kappa shape index (κ1) is 14.6. The third-order valence-corrected chi connectivity index (χ3v) is 6.18. The molecule has 1 aromatic rings. The van der Waals surface area contributed by atoms with Crippen molar-refractivity contribution in [2.45, 2.75) is 46.6 Å². The number of nitrogens with one attached hydrogen (secondary N) is 2. The standard InChI is InChI=1S/C18H26N2O/c1-17(2)15(18(17,3)4)11-19-14-10-9-12-7-5-6-8-13(12)20-16(14)21/h5-8,14-15,19H,9-11H2,1-4H3,(H,20,21). The maximum atomic E-state index is 12.4. The van der Waals surface area contributed by atoms with Crippen LogP contribution in [0.3, 0.4) is 0 Å². The van der Waals surface area contributed by atoms with Crippen molar-refractivity contribution in [3.05, 3.63) is 29.8 Å². The van der Waals surface area contributed by atoms with Gasteiger partial charge in [0.25, 0.3) is 0 Å². The second-order valence-electron chi connectivity index (χ2n) is 7.64. The van der Waals surface area contributed by atoms with Gasteiger partial charge in [-0.15, -0.1) is 0 Å². The van der Waals surface area contributed by atoms with E-state index in [0.29, 0.717) is 16.7 Å². The van der Waals surface area contributed by atoms with Crippen molar-refractivity contribution in [3.8, 4) is 0 Å². The number of carbonyl (C=O) groups is 1. The van der Waals surface area contributed by atoms with Crippen LogP contribution in [0.5, 0.6) is 0 Å². The van der Waals surface area contributed by atoms with Gasteiger partial charge in [0.05, 0.1) is 6.04 Å². The van der Waals surface area contributed by atoms with E-state index in [2.05, 4.69) is 44.4 Å². The molecule has 1 unspecified atom stereocenters. The Hall–Kier alpha value is -1.35. The fourth-order valence-corrected chi connectivity index (χ4v) is 3.81. The number of carbonyl (C=O) groups excluding carboxylic acids is 1. The molecule has 1 aromatic carbocycles. The number of para-hydroxylation sites is 1. The van der Waals surface area contributed by atoms with Crippen LogP contribution < -0.4 is 10.6 Å². The first-order valence-corrected chi connectivity index (χ1v) is 7.96. The van der Waals surface area contributed by atoms with E-state index in [1.54, 1.807) is 0 Å². The Morgan fingerprint density at radius 2 is 1.86 bits per heavy atom. The maximum absolute atomic E-state index is 12.4. The molecule has 114 valence electrons. The summed E-state index contributed by atoms with van der Waals surface area (Å²) in [6.45, 7) is 10.2. The number of rotatable bonds is 3. The van der Waals surface area contributed by atoms with Crippen molar-refractivity contribution in [3.63, 3.8) is 0 Å². The fraction of sp³-hybridized carbons (Fsp3) is 0.611. The van der Waals surface area contributed by atoms with Crippen molar-refractivity contribution in [1.29, 1.82) is 0 Å². The van der Waals surface area contributed by atoms with Crippen LogP contribution in [-0.2, 0) is 11.2 Å². The van der Waals surface area contributed by atoms with E-state index in [1.165, 1.54) is 5.56 Å². The Bertz CT molecular complexity index is 548. The number of anilines is 1. The minimum atomic E-state index is -0.0791. The van der Waals surface area contributed by atoms with Gasteiger partial charge < -0.3 is 10.6 Å². The molecule has 1 atom stereocenters. The van der Waals surface area contributed by atoms with Crippen LogP contribution in [0, 0.1) is 16.7 Å². The van der Waals surface area contributed by atoms with Crippen molar-refractivity contribution in [2.24, 2.45) is 16.7 Å². The molecule has 0 bridgehead atoms. The Morgan fingerprint density at radius 1 is 1.19 bits per heavy atom. The lowest BCUT2D eigenvalue weighted by atomic mass is 10.0. The molecule has 2 aliphatic rings. The Kier molecular flexibility index (Phi) is 3.36. The molecular formula is C18H26N2O. The molecule has 1 fully saturated rings. The molecule has 0 spiro atoms. The van der Waals surface area contributed by atoms with Gasteiger partial charge in [-0.1, -0.05) is 45.9 Å². The number of benzene rings is 1. The van der Waals surface area contributed by atoms with Crippen LogP contribution in [0.4, 0.5) is 5.69 Å². The number of fused-ring (bicyclic) bond motifs is 1. The van der Waals surface area contributed by atoms with Gasteiger partial charge in [-0.3, -0.25) is 4.79 Å². The summed E-state index contributed by atoms with van der Waals surface area (Å²) in [6.07, 6.45) is 1.82. The molecule has 0 radical (unpaired) electrons. The van der Waals surface area contributed by atoms with E-state index in [-0.39, 0.29) is 11.9 Å². The summed E-state index contributed by atoms with van der Waals surface area (Å²) in [6, 6.07) is 8.02. The van der Waals surface area contributed by atoms with E-state index in [4.69, 9.17) is 0 Å². The summed E-state index contributed by atoms with van der Waals surface area (Å²) in [5.74, 6) is 0.750. The summed E-state index contributed by atoms with van der Waals surface area (Å²) in [7, 11) is 0. The van der Waals surface area contributed by atoms with Gasteiger partial charge in [0.15, 0.2) is 0 Å². The largest absolute Gasteiger partial charge is 0.324 e. The highest BCUT2D eigenvalue weighted by Crippen LogP contribution is 2.67. The molecule has 3 nitrogen and oxygen atoms in total. The lowest BCUT2D eigenvalue weighted by Gasteiger charge is -2.16. The molecule has 0 saturated heterocycles. The topological polar surface area (TPSA) is 41.1 Å². The van der Waals surface area contributed by atoms with E-state index >= 15 is 0 Å². The van der Waals surface area contributed by atoms with Gasteiger partial charge in [0, 0.05) is 5.69 Å². The third kappa shape index (κ3) is 2.38. The molecule has 1 aliphatic carbocycles. The molecule has 1 saturated carbocycles. The SMILES string of the molecule is CC1(C)C(CNC2CCc3ccccc3NC2=O)C1(C)C. The zero-order valence-corrected chi connectivity index (χ0v) is 13.5. The predicted octanol–water partition coefficient (Wildman–Crippen LogP) is 3.21. The average molecular weight is 286 g/mol. The first-order chi connectivity index (χ1) is 9.84. The van der Waals surface area contributed by atoms with Gasteiger partial charge in [0.1, 0.15) is 0 Å². The summed E-state index contributed by atoms with van der Waals surface area (Å²) in [4.78, 5) is 12.4. The minimum Gasteiger partial charge on any atom is -0.324 e. The molecule has 3 heteroatoms. The van der Waals surface area contributed by atoms with Gasteiger partial charge in [0.2, 0.25) is 5.91 Å². The number of amides is 1. The number of hydrogen-bond acceptors (Lipinski definition) is 2. The summed E-state index contributed by atoms with van der Waals surface area (Å²) >= 11 is 0. The number of aryl methyl sites for hydroxylation is 1. The minimum absolute atomic E-state index is 0.0791. The second kappa shape index (κ2) is 4.84. The van der Waals surface area contributed by atoms with Gasteiger partial charge in [-0.2, -0.15) is 0 Å². The Morgan fingerprint density at radius 3 is 2.52 bits per heavy atom. The van der Waals surface area contributed by atoms with E-state index in [9.17, 15) is 4.79 Å². The normalized spacial score (nSPS) is 26.7. The van der Waals surface area contributed by atoms with E-state index in [1.807, 2.05) is 18.2 Å². The molecule has 21 heavy (non-hydrogen) atoms. The zero-order chi connectivity index (χ0) is 15.3. The van der Waals surface area contributed by atoms with Crippen LogP contribution in [0.15, 0.2) is 24.3 Å². The Labute approximate surface area is 127 Å². The fourth-order valence-electron chi connectivity index (χ4n) is 3.81. The molecular weight excluding hydrogens is 260 g/mol. The van der Waals surface area contributed by atoms with Crippen LogP contribution in [0.2, 0.25) is 0 Å². The van der Waals surface area contributed by atoms with Crippen LogP contribution in [0.1, 0.15) is 39.7 Å². The lowest BCUT2D eigenvalue weighted by molar-refractivity contribution is -0.118. The third-order valence-electron chi connectivity index (χ3n) is 6.18. The second-order valence-corrected chi connectivity index (χ2v) is 7.64. The van der Waals surface area contributed by atoms with Gasteiger partial charge in [-0.25, -0.2) is 0 Å². The zero-order valence-electron chi connectivity index (χ0n) is 13.5. The summed E-state index contributed by atoms with van der Waals surface area (Å²) < 4.78 is 0. The van der Waals surface area contributed by atoms with Crippen LogP contribution in [-0.4, -0.2) is 18.5 Å². The lowest BCUT2D eigenvalue weighted by Crippen LogP contribution is -2.41. The highest BCUT2D eigenvalue weighted by atomic mass is 16.2. The number of hydrogen-bond donors (Lipinski definition) is 2. The highest BCUT2D eigenvalue weighted by molar-refractivity contribution is 5.96. The van der Waals surface area contributed by atoms with E-state index < -0.39 is 0 Å². The highest BCUT2D eigenvalue weighted by Gasteiger charge is 2.64. The van der Waals surface area contributed by atoms with Crippen LogP contribution in [0.25, 0.3) is 0 Å². The van der Waals surface area contributed by atoms with Crippen molar-refractivity contribution < 1.29 is 4.79 Å². The molecule has 1 heterocycles. The maximum Gasteiger partial charge on any atom is 0.241 e. The smallest absolute Gasteiger partial charge is 0.241 e. The summed E-state index contributed by atoms with van der Waals surface area (Å²) in [5.41, 5.74) is 2.94. The molecule has 1 amide bonds. The molecule has 0 aromatic heterocycles. The van der Waals surface area contributed by atoms with Crippen molar-refractivity contribution in [1.82, 2.24) is 5.32 Å². The van der Waals surface area contributed by atoms with Gasteiger partial charge in [-0.05, 0) is 47.8 Å². The predicted molar refractivity (Wildman–Crippen MR) is 86.2 cm³/mol. The van der Waals surface area contributed by atoms with Crippen molar-refractivity contribution in [2.75, 3.05) is 11.9 Å². The van der Waals surface area contributed by atoms with Crippen molar-refractivity contribution >= 4 is 11.6 Å². The van der Waals surface area contributed by atoms with Gasteiger partial charge >= 0.3 is 0 Å². The summed E-state index contributed by atoms with van der Waals surface area (Å²) in [5, 5.41) is 6.56.